The summed E-state index contributed by atoms with van der Waals surface area (Å²) in [6, 6.07) is 9.95. The molecule has 8 heteroatoms. The average Bonchev–Trinajstić information content (AvgIpc) is 3.22. The van der Waals surface area contributed by atoms with Crippen molar-refractivity contribution in [3.05, 3.63) is 36.0 Å². The third kappa shape index (κ3) is 3.64. The molecule has 1 aromatic carbocycles. The summed E-state index contributed by atoms with van der Waals surface area (Å²) in [6.45, 7) is 0.588. The quantitative estimate of drug-likeness (QED) is 0.458. The molecule has 0 radical (unpaired) electrons. The van der Waals surface area contributed by atoms with Crippen molar-refractivity contribution in [1.82, 2.24) is 14.8 Å². The van der Waals surface area contributed by atoms with Crippen LogP contribution in [-0.2, 0) is 6.54 Å². The molecule has 5 nitrogen and oxygen atoms in total. The summed E-state index contributed by atoms with van der Waals surface area (Å²) >= 11 is 4.47. The molecule has 0 saturated carbocycles. The summed E-state index contributed by atoms with van der Waals surface area (Å²) in [5.74, 6) is 0.391. The molecule has 0 bridgehead atoms. The summed E-state index contributed by atoms with van der Waals surface area (Å²) in [4.78, 5) is 12.6. The minimum absolute atomic E-state index is 0.0628. The minimum Gasteiger partial charge on any atom is -0.346 e. The highest BCUT2D eigenvalue weighted by Crippen LogP contribution is 2.29. The molecule has 0 spiro atoms. The number of rotatable bonds is 7. The van der Waals surface area contributed by atoms with Crippen molar-refractivity contribution >= 4 is 51.5 Å². The SMILES string of the molecule is CSc1nnc(SCC(=O)c2cn(CCC#N)c3ccccc23)s1. The number of thioether (sulfide) groups is 2. The third-order valence-corrected chi connectivity index (χ3v) is 6.47. The monoisotopic (exact) mass is 374 g/mol. The van der Waals surface area contributed by atoms with Crippen LogP contribution < -0.4 is 0 Å². The standard InChI is InChI=1S/C16H14N4OS3/c1-22-15-18-19-16(24-15)23-10-14(21)12-9-20(8-4-7-17)13-6-3-2-5-11(12)13/h2-3,5-6,9H,4,8,10H2,1H3. The molecule has 3 aromatic rings. The Bertz CT molecular complexity index is 910. The largest absolute Gasteiger partial charge is 0.346 e. The molecule has 0 N–H and O–H groups in total. The van der Waals surface area contributed by atoms with Crippen molar-refractivity contribution in [2.45, 2.75) is 21.6 Å². The average molecular weight is 375 g/mol. The van der Waals surface area contributed by atoms with E-state index in [9.17, 15) is 4.79 Å². The van der Waals surface area contributed by atoms with Gasteiger partial charge in [-0.3, -0.25) is 4.79 Å². The van der Waals surface area contributed by atoms with Crippen LogP contribution in [0.4, 0.5) is 0 Å². The number of aryl methyl sites for hydroxylation is 1. The zero-order valence-electron chi connectivity index (χ0n) is 12.9. The van der Waals surface area contributed by atoms with Crippen LogP contribution in [0.1, 0.15) is 16.8 Å². The van der Waals surface area contributed by atoms with E-state index in [1.165, 1.54) is 23.1 Å². The predicted octanol–water partition coefficient (Wildman–Crippen LogP) is 4.10. The fraction of sp³-hybridized carbons (Fsp3) is 0.250. The second-order valence-electron chi connectivity index (χ2n) is 4.91. The maximum Gasteiger partial charge on any atom is 0.175 e. The van der Waals surface area contributed by atoms with Crippen molar-refractivity contribution in [3.63, 3.8) is 0 Å². The number of aromatic nitrogens is 3. The fourth-order valence-electron chi connectivity index (χ4n) is 2.37. The molecule has 24 heavy (non-hydrogen) atoms. The smallest absolute Gasteiger partial charge is 0.175 e. The van der Waals surface area contributed by atoms with E-state index in [4.69, 9.17) is 5.26 Å². The fourth-order valence-corrected chi connectivity index (χ4v) is 4.69. The normalized spacial score (nSPS) is 10.8. The Hall–Kier alpha value is -1.82. The molecule has 0 atom stereocenters. The Morgan fingerprint density at radius 2 is 2.12 bits per heavy atom. The van der Waals surface area contributed by atoms with E-state index < -0.39 is 0 Å². The van der Waals surface area contributed by atoms with E-state index in [1.807, 2.05) is 41.3 Å². The first-order valence-corrected chi connectivity index (χ1v) is 10.2. The third-order valence-electron chi connectivity index (χ3n) is 3.44. The van der Waals surface area contributed by atoms with Gasteiger partial charge < -0.3 is 4.57 Å². The van der Waals surface area contributed by atoms with Crippen LogP contribution >= 0.6 is 34.9 Å². The summed E-state index contributed by atoms with van der Waals surface area (Å²) in [5, 5.41) is 17.9. The number of benzene rings is 1. The van der Waals surface area contributed by atoms with Gasteiger partial charge in [0.2, 0.25) is 0 Å². The zero-order chi connectivity index (χ0) is 16.9. The molecule has 122 valence electrons. The topological polar surface area (TPSA) is 71.6 Å². The van der Waals surface area contributed by atoms with Gasteiger partial charge in [-0.2, -0.15) is 5.26 Å². The highest BCUT2D eigenvalue weighted by atomic mass is 32.2. The lowest BCUT2D eigenvalue weighted by atomic mass is 10.1. The Labute approximate surface area is 152 Å². The van der Waals surface area contributed by atoms with E-state index in [0.717, 1.165) is 19.6 Å². The minimum atomic E-state index is 0.0628. The van der Waals surface area contributed by atoms with Crippen molar-refractivity contribution in [1.29, 1.82) is 5.26 Å². The Kier molecular flexibility index (Phi) is 5.56. The molecule has 0 fully saturated rings. The second-order valence-corrected chi connectivity index (χ2v) is 8.16. The maximum absolute atomic E-state index is 12.6. The molecular weight excluding hydrogens is 360 g/mol. The molecule has 3 rings (SSSR count). The van der Waals surface area contributed by atoms with Gasteiger partial charge in [0.05, 0.1) is 18.2 Å². The van der Waals surface area contributed by atoms with Gasteiger partial charge in [0.15, 0.2) is 14.5 Å². The second kappa shape index (κ2) is 7.83. The van der Waals surface area contributed by atoms with Crippen LogP contribution in [0.25, 0.3) is 10.9 Å². The van der Waals surface area contributed by atoms with Gasteiger partial charge in [-0.1, -0.05) is 53.1 Å². The van der Waals surface area contributed by atoms with Crippen LogP contribution in [0, 0.1) is 11.3 Å². The first-order chi connectivity index (χ1) is 11.7. The number of nitrogens with zero attached hydrogens (tertiary/aromatic N) is 4. The summed E-state index contributed by atoms with van der Waals surface area (Å²) < 4.78 is 3.69. The van der Waals surface area contributed by atoms with E-state index in [1.54, 1.807) is 11.8 Å². The van der Waals surface area contributed by atoms with Crippen molar-refractivity contribution in [3.8, 4) is 6.07 Å². The number of fused-ring (bicyclic) bond motifs is 1. The van der Waals surface area contributed by atoms with Gasteiger partial charge in [-0.25, -0.2) is 0 Å². The van der Waals surface area contributed by atoms with Gasteiger partial charge in [0.25, 0.3) is 0 Å². The first-order valence-electron chi connectivity index (χ1n) is 7.21. The Morgan fingerprint density at radius 1 is 1.33 bits per heavy atom. The van der Waals surface area contributed by atoms with Crippen molar-refractivity contribution in [2.24, 2.45) is 0 Å². The molecule has 0 aliphatic heterocycles. The van der Waals surface area contributed by atoms with E-state index in [0.29, 0.717) is 24.3 Å². The van der Waals surface area contributed by atoms with Crippen molar-refractivity contribution in [2.75, 3.05) is 12.0 Å². The lowest BCUT2D eigenvalue weighted by Crippen LogP contribution is -2.02. The van der Waals surface area contributed by atoms with E-state index in [-0.39, 0.29) is 5.78 Å². The van der Waals surface area contributed by atoms with Crippen LogP contribution in [0.15, 0.2) is 39.1 Å². The molecule has 2 aromatic heterocycles. The zero-order valence-corrected chi connectivity index (χ0v) is 15.4. The molecule has 2 heterocycles. The Balaban J connectivity index is 1.80. The molecular formula is C16H14N4OS3. The number of para-hydroxylation sites is 1. The lowest BCUT2D eigenvalue weighted by molar-refractivity contribution is 0.102. The highest BCUT2D eigenvalue weighted by molar-refractivity contribution is 8.03. The van der Waals surface area contributed by atoms with Crippen LogP contribution in [-0.4, -0.2) is 32.6 Å². The number of carbonyl (C=O) groups is 1. The van der Waals surface area contributed by atoms with Crippen LogP contribution in [0.5, 0.6) is 0 Å². The van der Waals surface area contributed by atoms with Gasteiger partial charge in [0, 0.05) is 29.2 Å². The molecule has 0 saturated heterocycles. The number of hydrogen-bond donors (Lipinski definition) is 0. The number of nitriles is 1. The summed E-state index contributed by atoms with van der Waals surface area (Å²) in [5.41, 5.74) is 1.69. The van der Waals surface area contributed by atoms with Crippen molar-refractivity contribution < 1.29 is 4.79 Å². The van der Waals surface area contributed by atoms with Gasteiger partial charge >= 0.3 is 0 Å². The number of hydrogen-bond acceptors (Lipinski definition) is 7. The Morgan fingerprint density at radius 3 is 2.88 bits per heavy atom. The van der Waals surface area contributed by atoms with Gasteiger partial charge in [-0.05, 0) is 12.3 Å². The molecule has 0 aliphatic carbocycles. The van der Waals surface area contributed by atoms with Gasteiger partial charge in [0.1, 0.15) is 0 Å². The molecule has 0 unspecified atom stereocenters. The highest BCUT2D eigenvalue weighted by Gasteiger charge is 2.16. The lowest BCUT2D eigenvalue weighted by Gasteiger charge is -2.00. The maximum atomic E-state index is 12.6. The van der Waals surface area contributed by atoms with Crippen LogP contribution in [0.2, 0.25) is 0 Å². The van der Waals surface area contributed by atoms with E-state index in [2.05, 4.69) is 16.3 Å². The number of carbonyl (C=O) groups excluding carboxylic acids is 1. The summed E-state index contributed by atoms with van der Waals surface area (Å²) in [6.07, 6.45) is 4.23. The predicted molar refractivity (Wildman–Crippen MR) is 98.9 cm³/mol. The molecule has 0 aliphatic rings. The summed E-state index contributed by atoms with van der Waals surface area (Å²) in [7, 11) is 0. The van der Waals surface area contributed by atoms with Crippen LogP contribution in [0.3, 0.4) is 0 Å². The first kappa shape index (κ1) is 17.0. The number of ketones is 1. The van der Waals surface area contributed by atoms with Gasteiger partial charge in [-0.15, -0.1) is 10.2 Å². The van der Waals surface area contributed by atoms with E-state index >= 15 is 0 Å². The molecule has 0 amide bonds. The number of Topliss-reactive ketones (excluding diaryl/α,β-unsaturated/α-hetero) is 1.